The zero-order chi connectivity index (χ0) is 17.9. The zero-order valence-corrected chi connectivity index (χ0v) is 14.8. The third-order valence-corrected chi connectivity index (χ3v) is 4.81. The molecule has 3 aromatic rings. The van der Waals surface area contributed by atoms with E-state index in [1.165, 1.54) is 0 Å². The molecule has 0 radical (unpaired) electrons. The van der Waals surface area contributed by atoms with Gasteiger partial charge >= 0.3 is 0 Å². The molecule has 4 rings (SSSR count). The first-order valence-corrected chi connectivity index (χ1v) is 8.79. The fourth-order valence-corrected chi connectivity index (χ4v) is 3.36. The lowest BCUT2D eigenvalue weighted by Crippen LogP contribution is -2.49. The minimum absolute atomic E-state index is 0.0218. The number of aromatic nitrogens is 1. The van der Waals surface area contributed by atoms with Gasteiger partial charge in [0, 0.05) is 31.6 Å². The molecule has 2 aromatic carbocycles. The molecule has 0 aliphatic carbocycles. The normalized spacial score (nSPS) is 14.5. The van der Waals surface area contributed by atoms with Gasteiger partial charge in [-0.05, 0) is 30.3 Å². The summed E-state index contributed by atoms with van der Waals surface area (Å²) < 4.78 is 5.32. The molecule has 1 aromatic heterocycles. The number of ether oxygens (including phenoxy) is 1. The average Bonchev–Trinajstić information content (AvgIpc) is 2.73. The number of piperazine rings is 1. The van der Waals surface area contributed by atoms with Gasteiger partial charge in [0.25, 0.3) is 5.91 Å². The topological polar surface area (TPSA) is 45.7 Å². The Hall–Kier alpha value is -3.08. The number of hydrogen-bond donors (Lipinski definition) is 0. The van der Waals surface area contributed by atoms with Crippen LogP contribution in [0.5, 0.6) is 5.75 Å². The molecule has 0 unspecified atom stereocenters. The molecule has 5 nitrogen and oxygen atoms in total. The summed E-state index contributed by atoms with van der Waals surface area (Å²) in [5.41, 5.74) is 1.62. The molecule has 0 atom stereocenters. The Labute approximate surface area is 152 Å². The third-order valence-electron chi connectivity index (χ3n) is 4.81. The maximum Gasteiger partial charge on any atom is 0.257 e. The molecule has 1 saturated heterocycles. The van der Waals surface area contributed by atoms with Gasteiger partial charge in [0.15, 0.2) is 0 Å². The highest BCUT2D eigenvalue weighted by atomic mass is 16.5. The van der Waals surface area contributed by atoms with E-state index >= 15 is 0 Å². The lowest BCUT2D eigenvalue weighted by atomic mass is 10.1. The first-order valence-electron chi connectivity index (χ1n) is 8.79. The van der Waals surface area contributed by atoms with Crippen LogP contribution in [0.4, 0.5) is 5.82 Å². The minimum Gasteiger partial charge on any atom is -0.496 e. The number of pyridine rings is 1. The van der Waals surface area contributed by atoms with Crippen molar-refractivity contribution in [2.24, 2.45) is 0 Å². The Morgan fingerprint density at radius 3 is 2.46 bits per heavy atom. The van der Waals surface area contributed by atoms with Gasteiger partial charge in [-0.2, -0.15) is 0 Å². The molecule has 2 heterocycles. The van der Waals surface area contributed by atoms with E-state index < -0.39 is 0 Å². The standard InChI is InChI=1S/C21H21N3O2/c1-26-19-9-5-3-7-17(19)21(25)24-14-12-23(13-15-24)20-11-10-16-6-2-4-8-18(16)22-20/h2-11H,12-15H2,1H3. The Morgan fingerprint density at radius 1 is 0.923 bits per heavy atom. The maximum absolute atomic E-state index is 12.8. The van der Waals surface area contributed by atoms with Crippen molar-refractivity contribution in [1.82, 2.24) is 9.88 Å². The Kier molecular flexibility index (Phi) is 4.44. The van der Waals surface area contributed by atoms with E-state index in [4.69, 9.17) is 9.72 Å². The summed E-state index contributed by atoms with van der Waals surface area (Å²) >= 11 is 0. The quantitative estimate of drug-likeness (QED) is 0.730. The number of para-hydroxylation sites is 2. The first-order chi connectivity index (χ1) is 12.8. The largest absolute Gasteiger partial charge is 0.496 e. The van der Waals surface area contributed by atoms with Crippen LogP contribution >= 0.6 is 0 Å². The van der Waals surface area contributed by atoms with Crippen LogP contribution < -0.4 is 9.64 Å². The number of amides is 1. The Balaban J connectivity index is 1.47. The molecule has 0 saturated carbocycles. The van der Waals surface area contributed by atoms with Crippen molar-refractivity contribution in [2.75, 3.05) is 38.2 Å². The summed E-state index contributed by atoms with van der Waals surface area (Å²) in [6.45, 7) is 2.88. The van der Waals surface area contributed by atoms with E-state index in [0.717, 1.165) is 29.8 Å². The van der Waals surface area contributed by atoms with E-state index in [-0.39, 0.29) is 5.91 Å². The lowest BCUT2D eigenvalue weighted by Gasteiger charge is -2.35. The van der Waals surface area contributed by atoms with Crippen LogP contribution in [-0.4, -0.2) is 49.1 Å². The second kappa shape index (κ2) is 7.04. The van der Waals surface area contributed by atoms with E-state index in [1.54, 1.807) is 7.11 Å². The predicted molar refractivity (Wildman–Crippen MR) is 103 cm³/mol. The van der Waals surface area contributed by atoms with Gasteiger partial charge in [-0.15, -0.1) is 0 Å². The SMILES string of the molecule is COc1ccccc1C(=O)N1CCN(c2ccc3ccccc3n2)CC1. The highest BCUT2D eigenvalue weighted by molar-refractivity contribution is 5.97. The molecule has 0 N–H and O–H groups in total. The van der Waals surface area contributed by atoms with E-state index in [2.05, 4.69) is 23.1 Å². The molecular formula is C21H21N3O2. The highest BCUT2D eigenvalue weighted by Gasteiger charge is 2.24. The number of carbonyl (C=O) groups is 1. The van der Waals surface area contributed by atoms with E-state index in [0.29, 0.717) is 24.4 Å². The van der Waals surface area contributed by atoms with Gasteiger partial charge in [0.1, 0.15) is 11.6 Å². The number of benzene rings is 2. The molecule has 0 spiro atoms. The van der Waals surface area contributed by atoms with Crippen molar-refractivity contribution in [3.63, 3.8) is 0 Å². The number of anilines is 1. The molecule has 132 valence electrons. The molecule has 5 heteroatoms. The van der Waals surface area contributed by atoms with Crippen LogP contribution in [0.1, 0.15) is 10.4 Å². The summed E-state index contributed by atoms with van der Waals surface area (Å²) in [6.07, 6.45) is 0. The molecule has 1 aliphatic heterocycles. The molecule has 1 fully saturated rings. The summed E-state index contributed by atoms with van der Waals surface area (Å²) in [5.74, 6) is 1.61. The van der Waals surface area contributed by atoms with Crippen molar-refractivity contribution in [1.29, 1.82) is 0 Å². The van der Waals surface area contributed by atoms with Crippen molar-refractivity contribution in [3.05, 3.63) is 66.2 Å². The van der Waals surface area contributed by atoms with Crippen LogP contribution in [0, 0.1) is 0 Å². The lowest BCUT2D eigenvalue weighted by molar-refractivity contribution is 0.0743. The highest BCUT2D eigenvalue weighted by Crippen LogP contribution is 2.22. The Bertz CT molecular complexity index is 933. The minimum atomic E-state index is 0.0218. The van der Waals surface area contributed by atoms with E-state index in [1.807, 2.05) is 47.4 Å². The number of methoxy groups -OCH3 is 1. The van der Waals surface area contributed by atoms with Crippen molar-refractivity contribution < 1.29 is 9.53 Å². The molecular weight excluding hydrogens is 326 g/mol. The third kappa shape index (κ3) is 3.08. The first kappa shape index (κ1) is 16.4. The van der Waals surface area contributed by atoms with Gasteiger partial charge in [0.2, 0.25) is 0 Å². The maximum atomic E-state index is 12.8. The summed E-state index contributed by atoms with van der Waals surface area (Å²) in [4.78, 5) is 21.7. The summed E-state index contributed by atoms with van der Waals surface area (Å²) in [7, 11) is 1.59. The Morgan fingerprint density at radius 2 is 1.65 bits per heavy atom. The monoisotopic (exact) mass is 347 g/mol. The van der Waals surface area contributed by atoms with Crippen LogP contribution in [0.25, 0.3) is 10.9 Å². The van der Waals surface area contributed by atoms with Crippen LogP contribution in [0.15, 0.2) is 60.7 Å². The zero-order valence-electron chi connectivity index (χ0n) is 14.8. The fraction of sp³-hybridized carbons (Fsp3) is 0.238. The smallest absolute Gasteiger partial charge is 0.257 e. The van der Waals surface area contributed by atoms with Gasteiger partial charge in [-0.3, -0.25) is 4.79 Å². The van der Waals surface area contributed by atoms with Crippen molar-refractivity contribution >= 4 is 22.6 Å². The number of carbonyl (C=O) groups excluding carboxylic acids is 1. The number of fused-ring (bicyclic) bond motifs is 1. The van der Waals surface area contributed by atoms with Gasteiger partial charge in [-0.25, -0.2) is 4.98 Å². The van der Waals surface area contributed by atoms with Gasteiger partial charge < -0.3 is 14.5 Å². The van der Waals surface area contributed by atoms with Crippen molar-refractivity contribution in [2.45, 2.75) is 0 Å². The second-order valence-electron chi connectivity index (χ2n) is 6.34. The number of rotatable bonds is 3. The average molecular weight is 347 g/mol. The number of nitrogens with zero attached hydrogens (tertiary/aromatic N) is 3. The molecule has 26 heavy (non-hydrogen) atoms. The summed E-state index contributed by atoms with van der Waals surface area (Å²) in [5, 5.41) is 1.14. The fourth-order valence-electron chi connectivity index (χ4n) is 3.36. The molecule has 1 aliphatic rings. The van der Waals surface area contributed by atoms with Gasteiger partial charge in [-0.1, -0.05) is 30.3 Å². The number of hydrogen-bond acceptors (Lipinski definition) is 4. The van der Waals surface area contributed by atoms with Crippen LogP contribution in [0.3, 0.4) is 0 Å². The van der Waals surface area contributed by atoms with E-state index in [9.17, 15) is 4.79 Å². The van der Waals surface area contributed by atoms with Crippen LogP contribution in [-0.2, 0) is 0 Å². The van der Waals surface area contributed by atoms with Crippen LogP contribution in [0.2, 0.25) is 0 Å². The van der Waals surface area contributed by atoms with Gasteiger partial charge in [0.05, 0.1) is 18.2 Å². The van der Waals surface area contributed by atoms with Crippen molar-refractivity contribution in [3.8, 4) is 5.75 Å². The molecule has 1 amide bonds. The molecule has 0 bridgehead atoms. The summed E-state index contributed by atoms with van der Waals surface area (Å²) in [6, 6.07) is 19.7. The second-order valence-corrected chi connectivity index (χ2v) is 6.34. The predicted octanol–water partition coefficient (Wildman–Crippen LogP) is 3.21.